The Balaban J connectivity index is 0. The van der Waals surface area contributed by atoms with Gasteiger partial charge in [0.25, 0.3) is 0 Å². The molecule has 0 aromatic carbocycles. The molecule has 0 rings (SSSR count). The molecular formula is C3H8O4. The fraction of sp³-hybridized carbons (Fsp3) is 0.667. The summed E-state index contributed by atoms with van der Waals surface area (Å²) in [5.41, 5.74) is 0. The molecule has 0 amide bonds. The van der Waals surface area contributed by atoms with E-state index in [1.54, 1.807) is 6.92 Å². The normalized spacial score (nSPS) is 6.57. The maximum Gasteiger partial charge on any atom is 0.341 e. The number of hydrogen-bond donors (Lipinski definition) is 1. The first-order chi connectivity index (χ1) is 2.81. The van der Waals surface area contributed by atoms with Gasteiger partial charge in [0.15, 0.2) is 0 Å². The Kier molecular flexibility index (Phi) is 7.42. The van der Waals surface area contributed by atoms with E-state index in [-0.39, 0.29) is 11.9 Å². The second-order valence-corrected chi connectivity index (χ2v) is 0.817. The fourth-order valence-electron chi connectivity index (χ4n) is 0.0645. The predicted molar refractivity (Wildman–Crippen MR) is 22.6 cm³/mol. The van der Waals surface area contributed by atoms with Crippen LogP contribution in [0.1, 0.15) is 13.3 Å². The Morgan fingerprint density at radius 3 is 2.29 bits per heavy atom. The third-order valence-electron chi connectivity index (χ3n) is 0.390. The Bertz CT molecular complexity index is 44.9. The first kappa shape index (κ1) is 9.63. The highest BCUT2D eigenvalue weighted by Crippen LogP contribution is 1.75. The molecule has 0 aromatic rings. The van der Waals surface area contributed by atoms with Crippen LogP contribution in [-0.4, -0.2) is 16.7 Å². The van der Waals surface area contributed by atoms with Gasteiger partial charge in [-0.1, -0.05) is 6.92 Å². The van der Waals surface area contributed by atoms with Crippen LogP contribution < -0.4 is 0 Å². The molecule has 4 nitrogen and oxygen atoms in total. The van der Waals surface area contributed by atoms with Crippen LogP contribution in [0.5, 0.6) is 0 Å². The lowest BCUT2D eigenvalue weighted by atomic mass is 10.5. The highest BCUT2D eigenvalue weighted by molar-refractivity contribution is 5.67. The topological polar surface area (TPSA) is 78.0 Å². The quantitative estimate of drug-likeness (QED) is 0.366. The minimum Gasteiger partial charge on any atom is -0.412 e. The Hall–Kier alpha value is -0.610. The molecular weight excluding hydrogens is 100 g/mol. The van der Waals surface area contributed by atoms with E-state index in [9.17, 15) is 4.79 Å². The minimum atomic E-state index is -0.602. The van der Waals surface area contributed by atoms with Gasteiger partial charge in [-0.2, -0.15) is 5.26 Å². The number of hydrogen-bond acceptors (Lipinski definition) is 3. The molecule has 0 spiro atoms. The van der Waals surface area contributed by atoms with E-state index in [1.165, 1.54) is 0 Å². The predicted octanol–water partition coefficient (Wildman–Crippen LogP) is -0.412. The highest BCUT2D eigenvalue weighted by Gasteiger charge is 1.90. The van der Waals surface area contributed by atoms with Gasteiger partial charge in [0, 0.05) is 6.42 Å². The zero-order valence-electron chi connectivity index (χ0n) is 3.97. The van der Waals surface area contributed by atoms with E-state index < -0.39 is 5.97 Å². The van der Waals surface area contributed by atoms with Crippen molar-refractivity contribution in [3.8, 4) is 0 Å². The van der Waals surface area contributed by atoms with Crippen LogP contribution in [0.2, 0.25) is 0 Å². The average molecular weight is 108 g/mol. The second-order valence-electron chi connectivity index (χ2n) is 0.817. The summed E-state index contributed by atoms with van der Waals surface area (Å²) in [6, 6.07) is 0. The van der Waals surface area contributed by atoms with Gasteiger partial charge in [-0.05, 0) is 0 Å². The van der Waals surface area contributed by atoms with E-state index in [0.29, 0.717) is 0 Å². The third kappa shape index (κ3) is 5.39. The summed E-state index contributed by atoms with van der Waals surface area (Å²) in [4.78, 5) is 13.0. The summed E-state index contributed by atoms with van der Waals surface area (Å²) in [5.74, 6) is -0.602. The summed E-state index contributed by atoms with van der Waals surface area (Å²) in [5, 5.41) is 7.49. The van der Waals surface area contributed by atoms with Crippen molar-refractivity contribution >= 4 is 5.97 Å². The molecule has 7 heavy (non-hydrogen) atoms. The fourth-order valence-corrected chi connectivity index (χ4v) is 0.0645. The molecule has 0 radical (unpaired) electrons. The smallest absolute Gasteiger partial charge is 0.341 e. The van der Waals surface area contributed by atoms with Gasteiger partial charge in [0.05, 0.1) is 0 Å². The average Bonchev–Trinajstić information content (AvgIpc) is 1.65. The van der Waals surface area contributed by atoms with Gasteiger partial charge in [-0.3, -0.25) is 0 Å². The summed E-state index contributed by atoms with van der Waals surface area (Å²) in [6.45, 7) is 1.60. The van der Waals surface area contributed by atoms with E-state index >= 15 is 0 Å². The van der Waals surface area contributed by atoms with Gasteiger partial charge >= 0.3 is 5.97 Å². The van der Waals surface area contributed by atoms with Crippen molar-refractivity contribution in [3.05, 3.63) is 0 Å². The monoisotopic (exact) mass is 108 g/mol. The molecule has 0 bridgehead atoms. The van der Waals surface area contributed by atoms with E-state index in [4.69, 9.17) is 5.26 Å². The van der Waals surface area contributed by atoms with Crippen LogP contribution in [0.25, 0.3) is 0 Å². The van der Waals surface area contributed by atoms with Gasteiger partial charge < -0.3 is 10.4 Å². The van der Waals surface area contributed by atoms with Gasteiger partial charge in [-0.25, -0.2) is 4.79 Å². The van der Waals surface area contributed by atoms with Crippen molar-refractivity contribution in [3.63, 3.8) is 0 Å². The van der Waals surface area contributed by atoms with Crippen LogP contribution >= 0.6 is 0 Å². The van der Waals surface area contributed by atoms with Gasteiger partial charge in [0.2, 0.25) is 0 Å². The SMILES string of the molecule is CCC(=O)OO.O. The van der Waals surface area contributed by atoms with Crippen molar-refractivity contribution in [1.82, 2.24) is 0 Å². The molecule has 0 saturated carbocycles. The Morgan fingerprint density at radius 1 is 1.86 bits per heavy atom. The van der Waals surface area contributed by atoms with E-state index in [2.05, 4.69) is 4.89 Å². The van der Waals surface area contributed by atoms with Crippen LogP contribution in [-0.2, 0) is 9.68 Å². The van der Waals surface area contributed by atoms with Crippen molar-refractivity contribution in [2.75, 3.05) is 0 Å². The standard InChI is InChI=1S/C3H6O3.H2O/c1-2-3(4)6-5;/h5H,2H2,1H3;1H2. The summed E-state index contributed by atoms with van der Waals surface area (Å²) in [7, 11) is 0. The molecule has 4 heteroatoms. The van der Waals surface area contributed by atoms with Gasteiger partial charge in [-0.15, -0.1) is 0 Å². The first-order valence-corrected chi connectivity index (χ1v) is 1.65. The van der Waals surface area contributed by atoms with Crippen LogP contribution in [0.3, 0.4) is 0 Å². The molecule has 0 fully saturated rings. The minimum absolute atomic E-state index is 0. The zero-order valence-corrected chi connectivity index (χ0v) is 3.97. The lowest BCUT2D eigenvalue weighted by molar-refractivity contribution is -0.233. The summed E-state index contributed by atoms with van der Waals surface area (Å²) in [6.07, 6.45) is 0.219. The lowest BCUT2D eigenvalue weighted by Crippen LogP contribution is -1.95. The highest BCUT2D eigenvalue weighted by atomic mass is 17.1. The molecule has 0 saturated heterocycles. The lowest BCUT2D eigenvalue weighted by Gasteiger charge is -1.83. The second kappa shape index (κ2) is 5.39. The number of carbonyl (C=O) groups is 1. The molecule has 0 heterocycles. The molecule has 0 aliphatic heterocycles. The first-order valence-electron chi connectivity index (χ1n) is 1.65. The Labute approximate surface area is 40.9 Å². The molecule has 0 aromatic heterocycles. The summed E-state index contributed by atoms with van der Waals surface area (Å²) < 4.78 is 0. The van der Waals surface area contributed by atoms with Gasteiger partial charge in [0.1, 0.15) is 0 Å². The van der Waals surface area contributed by atoms with E-state index in [1.807, 2.05) is 0 Å². The molecule has 44 valence electrons. The van der Waals surface area contributed by atoms with Crippen molar-refractivity contribution in [2.24, 2.45) is 0 Å². The molecule has 0 unspecified atom stereocenters. The van der Waals surface area contributed by atoms with E-state index in [0.717, 1.165) is 0 Å². The molecule has 3 N–H and O–H groups in total. The number of rotatable bonds is 1. The summed E-state index contributed by atoms with van der Waals surface area (Å²) >= 11 is 0. The molecule has 0 atom stereocenters. The molecule has 0 aliphatic carbocycles. The van der Waals surface area contributed by atoms with Crippen molar-refractivity contribution < 1.29 is 20.4 Å². The molecule has 0 aliphatic rings. The van der Waals surface area contributed by atoms with Crippen LogP contribution in [0.15, 0.2) is 0 Å². The van der Waals surface area contributed by atoms with Crippen molar-refractivity contribution in [2.45, 2.75) is 13.3 Å². The van der Waals surface area contributed by atoms with Crippen LogP contribution in [0, 0.1) is 0 Å². The maximum absolute atomic E-state index is 9.71. The third-order valence-corrected chi connectivity index (χ3v) is 0.390. The van der Waals surface area contributed by atoms with Crippen molar-refractivity contribution in [1.29, 1.82) is 0 Å². The Morgan fingerprint density at radius 2 is 2.29 bits per heavy atom. The van der Waals surface area contributed by atoms with Crippen LogP contribution in [0.4, 0.5) is 0 Å². The largest absolute Gasteiger partial charge is 0.412 e. The number of carbonyl (C=O) groups excluding carboxylic acids is 1. The zero-order chi connectivity index (χ0) is 4.99. The maximum atomic E-state index is 9.71.